The van der Waals surface area contributed by atoms with Crippen molar-refractivity contribution < 1.29 is 28.5 Å². The number of furan rings is 1. The third-order valence-electron chi connectivity index (χ3n) is 5.37. The molecule has 0 spiro atoms. The standard InChI is InChI=1S/C24H25BrO6/c1-2-3-4-21-22(19-15-16(23(26)27)5-10-20(19)31-21)24(29-13-14-30-24)17-6-8-18(9-7-17)28-12-11-25/h5-10,15H,2-4,11-14H2,1H3,(H,26,27). The molecule has 2 aromatic carbocycles. The maximum atomic E-state index is 11.6. The Hall–Kier alpha value is -2.35. The highest BCUT2D eigenvalue weighted by Crippen LogP contribution is 2.45. The van der Waals surface area contributed by atoms with E-state index in [1.807, 2.05) is 24.3 Å². The Balaban J connectivity index is 1.87. The number of carboxylic acid groups (broad SMARTS) is 1. The molecule has 1 saturated heterocycles. The van der Waals surface area contributed by atoms with Gasteiger partial charge in [0.25, 0.3) is 0 Å². The number of carbonyl (C=O) groups is 1. The molecule has 0 bridgehead atoms. The zero-order valence-corrected chi connectivity index (χ0v) is 18.9. The molecule has 1 aliphatic rings. The lowest BCUT2D eigenvalue weighted by atomic mass is 9.92. The largest absolute Gasteiger partial charge is 0.493 e. The molecule has 1 N–H and O–H groups in total. The minimum Gasteiger partial charge on any atom is -0.493 e. The summed E-state index contributed by atoms with van der Waals surface area (Å²) < 4.78 is 24.3. The molecule has 0 amide bonds. The minimum atomic E-state index is -1.15. The maximum absolute atomic E-state index is 11.6. The molecule has 164 valence electrons. The summed E-state index contributed by atoms with van der Waals surface area (Å²) in [7, 11) is 0. The molecule has 1 aromatic heterocycles. The Morgan fingerprint density at radius 1 is 1.16 bits per heavy atom. The molecule has 2 heterocycles. The molecule has 6 nitrogen and oxygen atoms in total. The number of unbranched alkanes of at least 4 members (excludes halogenated alkanes) is 1. The molecule has 3 aromatic rings. The lowest BCUT2D eigenvalue weighted by Gasteiger charge is -2.28. The van der Waals surface area contributed by atoms with Crippen LogP contribution in [0.1, 0.15) is 47.0 Å². The van der Waals surface area contributed by atoms with Crippen LogP contribution in [0.4, 0.5) is 0 Å². The van der Waals surface area contributed by atoms with Crippen molar-refractivity contribution in [3.63, 3.8) is 0 Å². The number of rotatable bonds is 9. The quantitative estimate of drug-likeness (QED) is 0.401. The monoisotopic (exact) mass is 488 g/mol. The van der Waals surface area contributed by atoms with Crippen molar-refractivity contribution in [3.8, 4) is 5.75 Å². The summed E-state index contributed by atoms with van der Waals surface area (Å²) in [5.41, 5.74) is 2.40. The molecular formula is C24H25BrO6. The molecule has 0 radical (unpaired) electrons. The summed E-state index contributed by atoms with van der Waals surface area (Å²) in [4.78, 5) is 11.6. The van der Waals surface area contributed by atoms with Crippen LogP contribution in [0.25, 0.3) is 11.0 Å². The van der Waals surface area contributed by atoms with Gasteiger partial charge in [0.1, 0.15) is 17.1 Å². The van der Waals surface area contributed by atoms with Gasteiger partial charge in [-0.1, -0.05) is 29.3 Å². The van der Waals surface area contributed by atoms with E-state index in [0.29, 0.717) is 37.2 Å². The van der Waals surface area contributed by atoms with Crippen LogP contribution in [0.5, 0.6) is 5.75 Å². The molecule has 4 rings (SSSR count). The normalized spacial score (nSPS) is 15.4. The zero-order chi connectivity index (χ0) is 21.8. The van der Waals surface area contributed by atoms with Crippen LogP contribution in [-0.2, 0) is 21.7 Å². The third-order valence-corrected chi connectivity index (χ3v) is 5.69. The van der Waals surface area contributed by atoms with Gasteiger partial charge in [0.2, 0.25) is 5.79 Å². The number of halogens is 1. The topological polar surface area (TPSA) is 78.1 Å². The van der Waals surface area contributed by atoms with E-state index in [0.717, 1.165) is 40.8 Å². The van der Waals surface area contributed by atoms with E-state index in [2.05, 4.69) is 22.9 Å². The lowest BCUT2D eigenvalue weighted by molar-refractivity contribution is -0.129. The SMILES string of the molecule is CCCCc1oc2ccc(C(=O)O)cc2c1C1(c2ccc(OCCBr)cc2)OCCO1. The fourth-order valence-corrected chi connectivity index (χ4v) is 4.11. The number of fused-ring (bicyclic) bond motifs is 1. The Bertz CT molecular complexity index is 1050. The van der Waals surface area contributed by atoms with Crippen molar-refractivity contribution in [2.24, 2.45) is 0 Å². The van der Waals surface area contributed by atoms with E-state index >= 15 is 0 Å². The summed E-state index contributed by atoms with van der Waals surface area (Å²) in [5.74, 6) is -0.618. The number of aromatic carboxylic acids is 1. The van der Waals surface area contributed by atoms with Gasteiger partial charge in [-0.15, -0.1) is 0 Å². The van der Waals surface area contributed by atoms with Crippen LogP contribution in [0.2, 0.25) is 0 Å². The van der Waals surface area contributed by atoms with Crippen LogP contribution >= 0.6 is 15.9 Å². The number of hydrogen-bond donors (Lipinski definition) is 1. The fourth-order valence-electron chi connectivity index (χ4n) is 3.95. The van der Waals surface area contributed by atoms with Gasteiger partial charge in [-0.2, -0.15) is 0 Å². The van der Waals surface area contributed by atoms with Crippen molar-refractivity contribution in [1.29, 1.82) is 0 Å². The molecule has 0 saturated carbocycles. The summed E-state index contributed by atoms with van der Waals surface area (Å²) in [5, 5.41) is 11.0. The van der Waals surface area contributed by atoms with Crippen molar-refractivity contribution in [2.45, 2.75) is 32.0 Å². The molecule has 7 heteroatoms. The first-order valence-electron chi connectivity index (χ1n) is 10.5. The molecule has 0 unspecified atom stereocenters. The number of ether oxygens (including phenoxy) is 3. The van der Waals surface area contributed by atoms with E-state index in [9.17, 15) is 9.90 Å². The van der Waals surface area contributed by atoms with Crippen molar-refractivity contribution >= 4 is 32.9 Å². The van der Waals surface area contributed by atoms with E-state index in [1.54, 1.807) is 18.2 Å². The highest BCUT2D eigenvalue weighted by Gasteiger charge is 2.45. The average molecular weight is 489 g/mol. The van der Waals surface area contributed by atoms with Crippen molar-refractivity contribution in [2.75, 3.05) is 25.2 Å². The molecule has 0 atom stereocenters. The van der Waals surface area contributed by atoms with Gasteiger partial charge in [-0.25, -0.2) is 4.79 Å². The van der Waals surface area contributed by atoms with Gasteiger partial charge in [0, 0.05) is 22.7 Å². The summed E-state index contributed by atoms with van der Waals surface area (Å²) in [6.07, 6.45) is 2.66. The van der Waals surface area contributed by atoms with Crippen molar-refractivity contribution in [1.82, 2.24) is 0 Å². The highest BCUT2D eigenvalue weighted by molar-refractivity contribution is 9.09. The summed E-state index contributed by atoms with van der Waals surface area (Å²) in [6, 6.07) is 12.5. The average Bonchev–Trinajstić information content (AvgIpc) is 3.41. The number of hydrogen-bond acceptors (Lipinski definition) is 5. The third kappa shape index (κ3) is 4.22. The van der Waals surface area contributed by atoms with Gasteiger partial charge in [-0.05, 0) is 48.9 Å². The van der Waals surface area contributed by atoms with Gasteiger partial charge in [0.05, 0.1) is 30.9 Å². The number of alkyl halides is 1. The first-order chi connectivity index (χ1) is 15.1. The first kappa shape index (κ1) is 21.9. The van der Waals surface area contributed by atoms with Crippen LogP contribution in [0.3, 0.4) is 0 Å². The zero-order valence-electron chi connectivity index (χ0n) is 17.4. The predicted molar refractivity (Wildman–Crippen MR) is 120 cm³/mol. The molecular weight excluding hydrogens is 464 g/mol. The molecule has 1 aliphatic heterocycles. The fraction of sp³-hybridized carbons (Fsp3) is 0.375. The Morgan fingerprint density at radius 3 is 2.55 bits per heavy atom. The molecule has 31 heavy (non-hydrogen) atoms. The Kier molecular flexibility index (Phi) is 6.65. The van der Waals surface area contributed by atoms with Crippen LogP contribution in [0, 0.1) is 0 Å². The smallest absolute Gasteiger partial charge is 0.335 e. The van der Waals surface area contributed by atoms with Gasteiger partial charge < -0.3 is 23.7 Å². The summed E-state index contributed by atoms with van der Waals surface area (Å²) in [6.45, 7) is 3.55. The predicted octanol–water partition coefficient (Wildman–Crippen LogP) is 5.50. The van der Waals surface area contributed by atoms with E-state index in [4.69, 9.17) is 18.6 Å². The lowest BCUT2D eigenvalue weighted by Crippen LogP contribution is -2.29. The second kappa shape index (κ2) is 9.42. The van der Waals surface area contributed by atoms with E-state index < -0.39 is 11.8 Å². The second-order valence-corrected chi connectivity index (χ2v) is 8.19. The number of carboxylic acids is 1. The van der Waals surface area contributed by atoms with Gasteiger partial charge in [-0.3, -0.25) is 0 Å². The molecule has 0 aliphatic carbocycles. The minimum absolute atomic E-state index is 0.197. The van der Waals surface area contributed by atoms with Crippen LogP contribution in [-0.4, -0.2) is 36.2 Å². The van der Waals surface area contributed by atoms with Gasteiger partial charge in [0.15, 0.2) is 0 Å². The molecule has 1 fully saturated rings. The van der Waals surface area contributed by atoms with E-state index in [1.165, 1.54) is 0 Å². The van der Waals surface area contributed by atoms with Gasteiger partial charge >= 0.3 is 5.97 Å². The van der Waals surface area contributed by atoms with Crippen LogP contribution in [0.15, 0.2) is 46.9 Å². The van der Waals surface area contributed by atoms with Crippen LogP contribution < -0.4 is 4.74 Å². The Labute approximate surface area is 189 Å². The first-order valence-corrected chi connectivity index (χ1v) is 11.6. The highest BCUT2D eigenvalue weighted by atomic mass is 79.9. The summed E-state index contributed by atoms with van der Waals surface area (Å²) >= 11 is 3.36. The maximum Gasteiger partial charge on any atom is 0.335 e. The Morgan fingerprint density at radius 2 is 1.90 bits per heavy atom. The van der Waals surface area contributed by atoms with E-state index in [-0.39, 0.29) is 5.56 Å². The second-order valence-electron chi connectivity index (χ2n) is 7.40. The van der Waals surface area contributed by atoms with Crippen molar-refractivity contribution in [3.05, 3.63) is 64.9 Å². The number of benzene rings is 2. The number of aryl methyl sites for hydroxylation is 1.